The molecule has 0 aliphatic rings. The molecule has 1 aromatic carbocycles. The molecule has 0 N–H and O–H groups in total. The van der Waals surface area contributed by atoms with Crippen molar-refractivity contribution in [2.75, 3.05) is 0 Å². The smallest absolute Gasteiger partial charge is 0.245 e. The van der Waals surface area contributed by atoms with Crippen molar-refractivity contribution in [1.29, 1.82) is 0 Å². The summed E-state index contributed by atoms with van der Waals surface area (Å²) in [5.74, 6) is -1.45. The van der Waals surface area contributed by atoms with Crippen LogP contribution in [0.25, 0.3) is 11.3 Å². The van der Waals surface area contributed by atoms with E-state index in [0.717, 1.165) is 12.1 Å². The molecule has 0 amide bonds. The molecule has 0 atom stereocenters. The highest BCUT2D eigenvalue weighted by molar-refractivity contribution is 6.42. The molecule has 0 radical (unpaired) electrons. The third kappa shape index (κ3) is 1.82. The summed E-state index contributed by atoms with van der Waals surface area (Å²) in [5.41, 5.74) is 0.0937. The van der Waals surface area contributed by atoms with Gasteiger partial charge in [-0.1, -0.05) is 16.8 Å². The second-order valence-corrected chi connectivity index (χ2v) is 3.46. The van der Waals surface area contributed by atoms with Crippen LogP contribution in [0.4, 0.5) is 8.78 Å². The van der Waals surface area contributed by atoms with E-state index in [1.165, 1.54) is 6.07 Å². The van der Waals surface area contributed by atoms with E-state index < -0.39 is 11.6 Å². The molecule has 0 aliphatic heterocycles. The first-order valence-corrected chi connectivity index (χ1v) is 4.61. The molecule has 0 saturated heterocycles. The lowest BCUT2D eigenvalue weighted by molar-refractivity contribution is 0.423. The highest BCUT2D eigenvalue weighted by Gasteiger charge is 2.17. The molecular formula is C9H3Cl2F2NO. The fraction of sp³-hybridized carbons (Fsp3) is 0. The Hall–Kier alpha value is -1.13. The van der Waals surface area contributed by atoms with Gasteiger partial charge in [-0.2, -0.15) is 0 Å². The van der Waals surface area contributed by atoms with Crippen LogP contribution >= 0.6 is 23.2 Å². The van der Waals surface area contributed by atoms with Gasteiger partial charge in [0.1, 0.15) is 22.4 Å². The van der Waals surface area contributed by atoms with Gasteiger partial charge in [0, 0.05) is 11.6 Å². The molecule has 78 valence electrons. The zero-order valence-electron chi connectivity index (χ0n) is 7.10. The molecule has 1 heterocycles. The first-order valence-electron chi connectivity index (χ1n) is 3.85. The molecule has 0 spiro atoms. The van der Waals surface area contributed by atoms with Gasteiger partial charge in [0.2, 0.25) is 5.22 Å². The first-order chi connectivity index (χ1) is 7.09. The molecule has 6 heteroatoms. The van der Waals surface area contributed by atoms with E-state index >= 15 is 0 Å². The Balaban J connectivity index is 2.59. The van der Waals surface area contributed by atoms with Crippen molar-refractivity contribution in [3.05, 3.63) is 40.1 Å². The van der Waals surface area contributed by atoms with Gasteiger partial charge in [-0.05, 0) is 23.7 Å². The molecule has 2 rings (SSSR count). The largest absolute Gasteiger partial charge is 0.342 e. The quantitative estimate of drug-likeness (QED) is 0.766. The van der Waals surface area contributed by atoms with E-state index in [-0.39, 0.29) is 21.5 Å². The molecule has 0 aliphatic carbocycles. The Morgan fingerprint density at radius 2 is 1.93 bits per heavy atom. The topological polar surface area (TPSA) is 26.0 Å². The van der Waals surface area contributed by atoms with Crippen LogP contribution in [-0.4, -0.2) is 5.16 Å². The van der Waals surface area contributed by atoms with E-state index in [4.69, 9.17) is 23.2 Å². The van der Waals surface area contributed by atoms with Crippen molar-refractivity contribution in [3.8, 4) is 11.3 Å². The van der Waals surface area contributed by atoms with Gasteiger partial charge in [0.15, 0.2) is 0 Å². The van der Waals surface area contributed by atoms with Crippen LogP contribution in [0.3, 0.4) is 0 Å². The third-order valence-corrected chi connectivity index (χ3v) is 2.49. The number of nitrogens with zero attached hydrogens (tertiary/aromatic N) is 1. The predicted octanol–water partition coefficient (Wildman–Crippen LogP) is 3.93. The lowest BCUT2D eigenvalue weighted by Crippen LogP contribution is -1.86. The summed E-state index contributed by atoms with van der Waals surface area (Å²) in [6.07, 6.45) is 0. The standard InChI is InChI=1S/C9H3Cl2F2NO/c10-7-8(14-15-9(7)11)5-2-1-4(12)3-6(5)13/h1-3H. The number of halogens is 4. The maximum absolute atomic E-state index is 13.3. The molecule has 15 heavy (non-hydrogen) atoms. The van der Waals surface area contributed by atoms with Gasteiger partial charge in [-0.25, -0.2) is 8.78 Å². The van der Waals surface area contributed by atoms with Gasteiger partial charge in [0.25, 0.3) is 0 Å². The Morgan fingerprint density at radius 1 is 1.20 bits per heavy atom. The molecule has 2 nitrogen and oxygen atoms in total. The average molecular weight is 250 g/mol. The normalized spacial score (nSPS) is 10.7. The number of hydrogen-bond donors (Lipinski definition) is 0. The van der Waals surface area contributed by atoms with Crippen LogP contribution in [0.15, 0.2) is 22.7 Å². The Morgan fingerprint density at radius 3 is 2.47 bits per heavy atom. The Labute approximate surface area is 93.4 Å². The summed E-state index contributed by atoms with van der Waals surface area (Å²) in [6.45, 7) is 0. The van der Waals surface area contributed by atoms with Gasteiger partial charge in [-0.15, -0.1) is 0 Å². The molecule has 0 bridgehead atoms. The molecule has 0 unspecified atom stereocenters. The van der Waals surface area contributed by atoms with Crippen LogP contribution in [0.1, 0.15) is 0 Å². The number of rotatable bonds is 1. The second kappa shape index (κ2) is 3.79. The van der Waals surface area contributed by atoms with Crippen LogP contribution in [0.2, 0.25) is 10.2 Å². The summed E-state index contributed by atoms with van der Waals surface area (Å²) >= 11 is 11.2. The van der Waals surface area contributed by atoms with E-state index in [1.54, 1.807) is 0 Å². The van der Waals surface area contributed by atoms with Crippen molar-refractivity contribution in [3.63, 3.8) is 0 Å². The minimum atomic E-state index is -0.776. The fourth-order valence-electron chi connectivity index (χ4n) is 1.11. The summed E-state index contributed by atoms with van der Waals surface area (Å²) < 4.78 is 30.5. The average Bonchev–Trinajstić information content (AvgIpc) is 2.49. The van der Waals surface area contributed by atoms with E-state index in [9.17, 15) is 8.78 Å². The maximum atomic E-state index is 13.3. The summed E-state index contributed by atoms with van der Waals surface area (Å²) in [5, 5.41) is 3.35. The second-order valence-electron chi connectivity index (χ2n) is 2.74. The monoisotopic (exact) mass is 249 g/mol. The van der Waals surface area contributed by atoms with Gasteiger partial charge < -0.3 is 4.52 Å². The predicted molar refractivity (Wildman–Crippen MR) is 51.9 cm³/mol. The molecular weight excluding hydrogens is 247 g/mol. The highest BCUT2D eigenvalue weighted by atomic mass is 35.5. The Bertz CT molecular complexity index is 513. The zero-order chi connectivity index (χ0) is 11.0. The number of aromatic nitrogens is 1. The van der Waals surface area contributed by atoms with Crippen molar-refractivity contribution < 1.29 is 13.3 Å². The maximum Gasteiger partial charge on any atom is 0.245 e. The third-order valence-electron chi connectivity index (χ3n) is 1.78. The molecule has 2 aromatic rings. The minimum Gasteiger partial charge on any atom is -0.342 e. The van der Waals surface area contributed by atoms with Gasteiger partial charge >= 0.3 is 0 Å². The van der Waals surface area contributed by atoms with Crippen LogP contribution in [-0.2, 0) is 0 Å². The zero-order valence-corrected chi connectivity index (χ0v) is 8.61. The van der Waals surface area contributed by atoms with Crippen molar-refractivity contribution in [1.82, 2.24) is 5.16 Å². The first kappa shape index (κ1) is 10.4. The lowest BCUT2D eigenvalue weighted by Gasteiger charge is -1.98. The summed E-state index contributed by atoms with van der Waals surface area (Å²) in [6, 6.07) is 3.04. The highest BCUT2D eigenvalue weighted by Crippen LogP contribution is 2.34. The summed E-state index contributed by atoms with van der Waals surface area (Å²) in [4.78, 5) is 0. The lowest BCUT2D eigenvalue weighted by atomic mass is 10.1. The van der Waals surface area contributed by atoms with Gasteiger partial charge in [0.05, 0.1) is 0 Å². The van der Waals surface area contributed by atoms with E-state index in [2.05, 4.69) is 9.68 Å². The van der Waals surface area contributed by atoms with Crippen LogP contribution in [0.5, 0.6) is 0 Å². The molecule has 0 fully saturated rings. The fourth-order valence-corrected chi connectivity index (χ4v) is 1.40. The summed E-state index contributed by atoms with van der Waals surface area (Å²) in [7, 11) is 0. The Kier molecular flexibility index (Phi) is 2.63. The van der Waals surface area contributed by atoms with Crippen LogP contribution in [0, 0.1) is 11.6 Å². The van der Waals surface area contributed by atoms with Crippen molar-refractivity contribution in [2.24, 2.45) is 0 Å². The number of hydrogen-bond acceptors (Lipinski definition) is 2. The van der Waals surface area contributed by atoms with Crippen molar-refractivity contribution in [2.45, 2.75) is 0 Å². The van der Waals surface area contributed by atoms with Crippen molar-refractivity contribution >= 4 is 23.2 Å². The van der Waals surface area contributed by atoms with E-state index in [1.807, 2.05) is 0 Å². The number of benzene rings is 1. The van der Waals surface area contributed by atoms with Gasteiger partial charge in [-0.3, -0.25) is 0 Å². The molecule has 0 saturated carbocycles. The van der Waals surface area contributed by atoms with Crippen LogP contribution < -0.4 is 0 Å². The van der Waals surface area contributed by atoms with E-state index in [0.29, 0.717) is 0 Å². The minimum absolute atomic E-state index is 0.00201. The molecule has 1 aromatic heterocycles. The SMILES string of the molecule is Fc1ccc(-c2noc(Cl)c2Cl)c(F)c1.